The fourth-order valence-corrected chi connectivity index (χ4v) is 2.44. The molecule has 1 heterocycles. The molecule has 0 spiro atoms. The van der Waals surface area contributed by atoms with E-state index in [0.29, 0.717) is 0 Å². The summed E-state index contributed by atoms with van der Waals surface area (Å²) in [6.07, 6.45) is 0.948. The van der Waals surface area contributed by atoms with Crippen LogP contribution >= 0.6 is 15.9 Å². The first-order valence-electron chi connectivity index (χ1n) is 2.88. The number of aromatic nitrogens is 3. The van der Waals surface area contributed by atoms with Crippen LogP contribution in [0.15, 0.2) is 14.0 Å². The molecule has 0 fully saturated rings. The van der Waals surface area contributed by atoms with E-state index in [1.165, 1.54) is 7.05 Å². The first kappa shape index (κ1) is 10.0. The minimum Gasteiger partial charge on any atom is -0.234 e. The summed E-state index contributed by atoms with van der Waals surface area (Å²) >= 11 is 2.86. The summed E-state index contributed by atoms with van der Waals surface area (Å²) in [5.74, 6) is 0. The van der Waals surface area contributed by atoms with Crippen molar-refractivity contribution in [2.45, 2.75) is 5.03 Å². The quantitative estimate of drug-likeness (QED) is 0.536. The highest BCUT2D eigenvalue weighted by Crippen LogP contribution is 2.19. The molecule has 13 heavy (non-hydrogen) atoms. The number of hydrogen-bond donors (Lipinski definition) is 0. The second-order valence-electron chi connectivity index (χ2n) is 1.97. The Hall–Kier alpha value is -1.05. The van der Waals surface area contributed by atoms with Crippen molar-refractivity contribution >= 4 is 32.0 Å². The van der Waals surface area contributed by atoms with Crippen LogP contribution in [0.3, 0.4) is 0 Å². The molecule has 0 amide bonds. The number of halogens is 1. The molecule has 1 aromatic heterocycles. The predicted molar refractivity (Wildman–Crippen MR) is 44.0 cm³/mol. The number of nitrogens with zero attached hydrogens (tertiary/aromatic N) is 4. The summed E-state index contributed by atoms with van der Waals surface area (Å²) in [4.78, 5) is 9.80. The van der Waals surface area contributed by atoms with Crippen LogP contribution in [0.5, 0.6) is 0 Å². The van der Waals surface area contributed by atoms with Crippen molar-refractivity contribution in [1.29, 1.82) is 0 Å². The smallest absolute Gasteiger partial charge is 0.234 e. The summed E-state index contributed by atoms with van der Waals surface area (Å²) in [7, 11) is -2.67. The fraction of sp³-hybridized carbons (Fsp3) is 0.250. The number of isocyanates is 1. The summed E-state index contributed by atoms with van der Waals surface area (Å²) in [5.41, 5.74) is 0. The van der Waals surface area contributed by atoms with Gasteiger partial charge in [-0.15, -0.1) is 5.10 Å². The zero-order valence-corrected chi connectivity index (χ0v) is 8.70. The Kier molecular flexibility index (Phi) is 2.60. The second-order valence-corrected chi connectivity index (χ2v) is 4.24. The molecule has 0 saturated heterocycles. The molecule has 0 aromatic carbocycles. The number of aryl methyl sites for hydroxylation is 1. The van der Waals surface area contributed by atoms with Gasteiger partial charge >= 0.3 is 10.0 Å². The molecule has 0 N–H and O–H groups in total. The zero-order chi connectivity index (χ0) is 10.1. The van der Waals surface area contributed by atoms with Crippen LogP contribution in [0.1, 0.15) is 0 Å². The maximum absolute atomic E-state index is 11.2. The van der Waals surface area contributed by atoms with Gasteiger partial charge in [-0.1, -0.05) is 9.61 Å². The molecule has 0 aliphatic heterocycles. The summed E-state index contributed by atoms with van der Waals surface area (Å²) in [6, 6.07) is 0. The molecule has 1 rings (SSSR count). The third-order valence-electron chi connectivity index (χ3n) is 1.14. The van der Waals surface area contributed by atoms with Crippen LogP contribution in [-0.2, 0) is 21.9 Å². The van der Waals surface area contributed by atoms with Crippen molar-refractivity contribution in [3.63, 3.8) is 0 Å². The molecular formula is C4H3BrN4O3S. The van der Waals surface area contributed by atoms with Gasteiger partial charge < -0.3 is 0 Å². The van der Waals surface area contributed by atoms with Gasteiger partial charge in [0, 0.05) is 7.05 Å². The monoisotopic (exact) mass is 266 g/mol. The topological polar surface area (TPSA) is 94.3 Å². The van der Waals surface area contributed by atoms with E-state index in [1.54, 1.807) is 0 Å². The lowest BCUT2D eigenvalue weighted by molar-refractivity contribution is 0.560. The number of hydrogen-bond acceptors (Lipinski definition) is 5. The van der Waals surface area contributed by atoms with Gasteiger partial charge in [-0.25, -0.2) is 9.48 Å². The molecule has 1 aromatic rings. The SMILES string of the molecule is Cn1nnc(Br)c1S(=O)(=O)N=C=O. The molecule has 0 aliphatic rings. The minimum absolute atomic E-state index is 0.00833. The molecule has 0 unspecified atom stereocenters. The summed E-state index contributed by atoms with van der Waals surface area (Å²) in [6.45, 7) is 0. The van der Waals surface area contributed by atoms with Gasteiger partial charge in [-0.3, -0.25) is 0 Å². The van der Waals surface area contributed by atoms with Crippen molar-refractivity contribution in [3.8, 4) is 0 Å². The van der Waals surface area contributed by atoms with Crippen LogP contribution in [0.2, 0.25) is 0 Å². The third kappa shape index (κ3) is 1.82. The van der Waals surface area contributed by atoms with Crippen molar-refractivity contribution in [3.05, 3.63) is 4.60 Å². The molecule has 70 valence electrons. The van der Waals surface area contributed by atoms with Gasteiger partial charge in [0.05, 0.1) is 0 Å². The van der Waals surface area contributed by atoms with E-state index in [4.69, 9.17) is 0 Å². The van der Waals surface area contributed by atoms with Gasteiger partial charge in [-0.05, 0) is 15.9 Å². The largest absolute Gasteiger partial charge is 0.312 e. The Labute approximate surface area is 81.6 Å². The second kappa shape index (κ2) is 3.36. The average Bonchev–Trinajstić information content (AvgIpc) is 2.31. The van der Waals surface area contributed by atoms with Crippen molar-refractivity contribution in [2.24, 2.45) is 11.4 Å². The highest BCUT2D eigenvalue weighted by molar-refractivity contribution is 9.10. The van der Waals surface area contributed by atoms with E-state index < -0.39 is 10.0 Å². The molecule has 9 heteroatoms. The van der Waals surface area contributed by atoms with E-state index >= 15 is 0 Å². The van der Waals surface area contributed by atoms with Crippen molar-refractivity contribution in [1.82, 2.24) is 15.0 Å². The summed E-state index contributed by atoms with van der Waals surface area (Å²) < 4.78 is 26.0. The fourth-order valence-electron chi connectivity index (χ4n) is 0.689. The number of carbonyl (C=O) groups excluding carboxylic acids is 1. The Morgan fingerprint density at radius 1 is 1.62 bits per heavy atom. The third-order valence-corrected chi connectivity index (χ3v) is 3.20. The van der Waals surface area contributed by atoms with Crippen LogP contribution in [-0.4, -0.2) is 29.5 Å². The highest BCUT2D eigenvalue weighted by Gasteiger charge is 2.22. The van der Waals surface area contributed by atoms with Gasteiger partial charge in [0.15, 0.2) is 4.60 Å². The van der Waals surface area contributed by atoms with Gasteiger partial charge in [0.2, 0.25) is 5.03 Å². The Morgan fingerprint density at radius 2 is 2.23 bits per heavy atom. The Balaban J connectivity index is 3.46. The van der Waals surface area contributed by atoms with Gasteiger partial charge in [0.25, 0.3) is 6.08 Å². The van der Waals surface area contributed by atoms with Crippen LogP contribution < -0.4 is 0 Å². The minimum atomic E-state index is -4.04. The summed E-state index contributed by atoms with van der Waals surface area (Å²) in [5, 5.41) is 6.56. The van der Waals surface area contributed by atoms with E-state index in [2.05, 4.69) is 30.6 Å². The standard InChI is InChI=1S/C4H3BrN4O3S/c1-9-4(3(5)7-8-9)13(11,12)6-2-10/h1H3. The van der Waals surface area contributed by atoms with Crippen molar-refractivity contribution in [2.75, 3.05) is 0 Å². The average molecular weight is 267 g/mol. The molecule has 0 saturated carbocycles. The van der Waals surface area contributed by atoms with Crippen LogP contribution in [0.25, 0.3) is 0 Å². The van der Waals surface area contributed by atoms with Crippen LogP contribution in [0, 0.1) is 0 Å². The number of sulfonamides is 1. The van der Waals surface area contributed by atoms with E-state index in [1.807, 2.05) is 0 Å². The Bertz CT molecular complexity index is 452. The van der Waals surface area contributed by atoms with Crippen molar-refractivity contribution < 1.29 is 13.2 Å². The lowest BCUT2D eigenvalue weighted by atomic mass is 10.9. The van der Waals surface area contributed by atoms with E-state index in [9.17, 15) is 13.2 Å². The molecule has 7 nitrogen and oxygen atoms in total. The maximum atomic E-state index is 11.2. The zero-order valence-electron chi connectivity index (χ0n) is 6.30. The van der Waals surface area contributed by atoms with Gasteiger partial charge in [-0.2, -0.15) is 8.42 Å². The highest BCUT2D eigenvalue weighted by atomic mass is 79.9. The van der Waals surface area contributed by atoms with E-state index in [-0.39, 0.29) is 9.63 Å². The molecule has 0 radical (unpaired) electrons. The van der Waals surface area contributed by atoms with Crippen LogP contribution in [0.4, 0.5) is 0 Å². The molecular weight excluding hydrogens is 264 g/mol. The Morgan fingerprint density at radius 3 is 2.62 bits per heavy atom. The van der Waals surface area contributed by atoms with Gasteiger partial charge in [0.1, 0.15) is 0 Å². The maximum Gasteiger partial charge on any atom is 0.312 e. The lowest BCUT2D eigenvalue weighted by Crippen LogP contribution is -2.05. The molecule has 0 aliphatic carbocycles. The first-order valence-corrected chi connectivity index (χ1v) is 5.11. The lowest BCUT2D eigenvalue weighted by Gasteiger charge is -1.94. The first-order chi connectivity index (χ1) is 5.99. The van der Waals surface area contributed by atoms with E-state index in [0.717, 1.165) is 10.8 Å². The molecule has 0 bridgehead atoms. The molecule has 0 atom stereocenters. The normalized spacial score (nSPS) is 10.9. The number of rotatable bonds is 2. The predicted octanol–water partition coefficient (Wildman–Crippen LogP) is -0.398.